The van der Waals surface area contributed by atoms with Crippen LogP contribution in [0.15, 0.2) is 54.6 Å². The number of esters is 1. The van der Waals surface area contributed by atoms with Gasteiger partial charge in [0.2, 0.25) is 0 Å². The van der Waals surface area contributed by atoms with E-state index in [9.17, 15) is 9.59 Å². The van der Waals surface area contributed by atoms with Gasteiger partial charge in [0.25, 0.3) is 5.91 Å². The standard InChI is InChI=1S/C26H29NO3/c1-18-7-9-22(10-8-18)27-23(28)16-30-24(29)26-14-19-11-20(15-26)13-25(12-19,17-26)21-5-3-2-4-6-21/h2-10,19-20H,11-17H2,1H3,(H,27,28)/t19-,20+,25?,26?. The van der Waals surface area contributed by atoms with Gasteiger partial charge in [-0.15, -0.1) is 0 Å². The summed E-state index contributed by atoms with van der Waals surface area (Å²) in [4.78, 5) is 25.6. The molecular formula is C26H29NO3. The third-order valence-corrected chi connectivity index (χ3v) is 7.55. The zero-order chi connectivity index (χ0) is 20.8. The van der Waals surface area contributed by atoms with Crippen molar-refractivity contribution in [2.45, 2.75) is 50.9 Å². The van der Waals surface area contributed by atoms with E-state index in [0.717, 1.165) is 30.5 Å². The molecule has 156 valence electrons. The van der Waals surface area contributed by atoms with Crippen molar-refractivity contribution in [3.8, 4) is 0 Å². The van der Waals surface area contributed by atoms with Gasteiger partial charge in [-0.05, 0) is 80.4 Å². The molecule has 1 amide bonds. The number of benzene rings is 2. The number of amides is 1. The van der Waals surface area contributed by atoms with Gasteiger partial charge < -0.3 is 10.1 Å². The van der Waals surface area contributed by atoms with Crippen molar-refractivity contribution in [3.63, 3.8) is 0 Å². The monoisotopic (exact) mass is 403 g/mol. The summed E-state index contributed by atoms with van der Waals surface area (Å²) in [6.07, 6.45) is 6.27. The molecule has 0 aliphatic heterocycles. The lowest BCUT2D eigenvalue weighted by atomic mass is 9.43. The Labute approximate surface area is 178 Å². The average molecular weight is 404 g/mol. The second-order valence-corrected chi connectivity index (χ2v) is 9.88. The van der Waals surface area contributed by atoms with Gasteiger partial charge >= 0.3 is 5.97 Å². The Morgan fingerprint density at radius 2 is 1.63 bits per heavy atom. The number of hydrogen-bond acceptors (Lipinski definition) is 3. The fourth-order valence-corrected chi connectivity index (χ4v) is 6.75. The molecule has 1 N–H and O–H groups in total. The van der Waals surface area contributed by atoms with Crippen LogP contribution < -0.4 is 5.32 Å². The smallest absolute Gasteiger partial charge is 0.312 e. The molecule has 4 saturated carbocycles. The number of ether oxygens (including phenoxy) is 1. The summed E-state index contributed by atoms with van der Waals surface area (Å²) in [5, 5.41) is 2.82. The summed E-state index contributed by atoms with van der Waals surface area (Å²) in [5.74, 6) is 0.714. The zero-order valence-corrected chi connectivity index (χ0v) is 17.5. The molecule has 4 heteroatoms. The highest BCUT2D eigenvalue weighted by molar-refractivity contribution is 5.93. The van der Waals surface area contributed by atoms with Crippen LogP contribution in [0, 0.1) is 24.2 Å². The van der Waals surface area contributed by atoms with Crippen molar-refractivity contribution >= 4 is 17.6 Å². The maximum absolute atomic E-state index is 13.3. The van der Waals surface area contributed by atoms with Crippen LogP contribution >= 0.6 is 0 Å². The molecule has 6 rings (SSSR count). The van der Waals surface area contributed by atoms with Crippen molar-refractivity contribution in [2.75, 3.05) is 11.9 Å². The number of carbonyl (C=O) groups is 2. The number of nitrogens with one attached hydrogen (secondary N) is 1. The van der Waals surface area contributed by atoms with Crippen molar-refractivity contribution in [1.82, 2.24) is 0 Å². The molecule has 4 atom stereocenters. The molecule has 0 saturated heterocycles. The molecule has 2 unspecified atom stereocenters. The van der Waals surface area contributed by atoms with Crippen molar-refractivity contribution < 1.29 is 14.3 Å². The first-order valence-electron chi connectivity index (χ1n) is 11.1. The zero-order valence-electron chi connectivity index (χ0n) is 17.5. The third-order valence-electron chi connectivity index (χ3n) is 7.55. The fourth-order valence-electron chi connectivity index (χ4n) is 6.75. The van der Waals surface area contributed by atoms with E-state index in [1.165, 1.54) is 24.8 Å². The molecule has 0 spiro atoms. The van der Waals surface area contributed by atoms with Crippen LogP contribution in [0.1, 0.15) is 49.7 Å². The van der Waals surface area contributed by atoms with E-state index in [0.29, 0.717) is 11.8 Å². The summed E-state index contributed by atoms with van der Waals surface area (Å²) in [6, 6.07) is 18.3. The maximum Gasteiger partial charge on any atom is 0.312 e. The molecular weight excluding hydrogens is 374 g/mol. The highest BCUT2D eigenvalue weighted by atomic mass is 16.5. The largest absolute Gasteiger partial charge is 0.455 e. The van der Waals surface area contributed by atoms with Crippen LogP contribution in [0.3, 0.4) is 0 Å². The normalized spacial score (nSPS) is 31.4. The van der Waals surface area contributed by atoms with E-state index >= 15 is 0 Å². The van der Waals surface area contributed by atoms with Crippen LogP contribution in [0.5, 0.6) is 0 Å². The third kappa shape index (κ3) is 3.42. The van der Waals surface area contributed by atoms with Gasteiger partial charge in [0.05, 0.1) is 5.41 Å². The van der Waals surface area contributed by atoms with E-state index in [-0.39, 0.29) is 23.9 Å². The highest BCUT2D eigenvalue weighted by Gasteiger charge is 2.61. The predicted molar refractivity (Wildman–Crippen MR) is 116 cm³/mol. The van der Waals surface area contributed by atoms with Crippen molar-refractivity contribution in [1.29, 1.82) is 0 Å². The van der Waals surface area contributed by atoms with E-state index in [1.807, 2.05) is 31.2 Å². The first-order valence-corrected chi connectivity index (χ1v) is 11.1. The highest BCUT2D eigenvalue weighted by Crippen LogP contribution is 2.66. The molecule has 0 heterocycles. The minimum Gasteiger partial charge on any atom is -0.455 e. The Hall–Kier alpha value is -2.62. The van der Waals surface area contributed by atoms with Crippen LogP contribution in [0.2, 0.25) is 0 Å². The second-order valence-electron chi connectivity index (χ2n) is 9.88. The lowest BCUT2D eigenvalue weighted by Crippen LogP contribution is -2.57. The number of aryl methyl sites for hydroxylation is 1. The average Bonchev–Trinajstić information content (AvgIpc) is 2.73. The number of rotatable bonds is 5. The van der Waals surface area contributed by atoms with Crippen molar-refractivity contribution in [2.24, 2.45) is 17.3 Å². The summed E-state index contributed by atoms with van der Waals surface area (Å²) >= 11 is 0. The lowest BCUT2D eigenvalue weighted by molar-refractivity contribution is -0.175. The van der Waals surface area contributed by atoms with Gasteiger partial charge in [0.15, 0.2) is 6.61 Å². The Morgan fingerprint density at radius 1 is 0.967 bits per heavy atom. The first-order chi connectivity index (χ1) is 14.5. The van der Waals surface area contributed by atoms with Gasteiger partial charge in [0.1, 0.15) is 0 Å². The number of hydrogen-bond donors (Lipinski definition) is 1. The van der Waals surface area contributed by atoms with Gasteiger partial charge in [-0.2, -0.15) is 0 Å². The van der Waals surface area contributed by atoms with Crippen LogP contribution in [0.4, 0.5) is 5.69 Å². The summed E-state index contributed by atoms with van der Waals surface area (Å²) < 4.78 is 5.61. The first kappa shape index (κ1) is 19.3. The van der Waals surface area contributed by atoms with E-state index in [2.05, 4.69) is 35.6 Å². The molecule has 4 fully saturated rings. The van der Waals surface area contributed by atoms with E-state index in [4.69, 9.17) is 4.74 Å². The summed E-state index contributed by atoms with van der Waals surface area (Å²) in [5.41, 5.74) is 2.89. The Bertz CT molecular complexity index is 936. The van der Waals surface area contributed by atoms with Gasteiger partial charge in [-0.1, -0.05) is 48.0 Å². The Balaban J connectivity index is 1.28. The summed E-state index contributed by atoms with van der Waals surface area (Å²) in [6.45, 7) is 1.78. The van der Waals surface area contributed by atoms with Gasteiger partial charge in [-0.3, -0.25) is 9.59 Å². The maximum atomic E-state index is 13.3. The molecule has 4 aliphatic rings. The minimum absolute atomic E-state index is 0.0918. The minimum atomic E-state index is -0.427. The molecule has 4 nitrogen and oxygen atoms in total. The number of anilines is 1. The van der Waals surface area contributed by atoms with Crippen LogP contribution in [-0.2, 0) is 19.7 Å². The second kappa shape index (κ2) is 7.26. The van der Waals surface area contributed by atoms with Crippen LogP contribution in [0.25, 0.3) is 0 Å². The van der Waals surface area contributed by atoms with E-state index < -0.39 is 5.41 Å². The molecule has 0 radical (unpaired) electrons. The molecule has 4 bridgehead atoms. The number of carbonyl (C=O) groups excluding carboxylic acids is 2. The molecule has 2 aromatic rings. The Morgan fingerprint density at radius 3 is 2.30 bits per heavy atom. The van der Waals surface area contributed by atoms with Gasteiger partial charge in [0, 0.05) is 5.69 Å². The molecule has 30 heavy (non-hydrogen) atoms. The fraction of sp³-hybridized carbons (Fsp3) is 0.462. The van der Waals surface area contributed by atoms with Gasteiger partial charge in [-0.25, -0.2) is 0 Å². The van der Waals surface area contributed by atoms with Crippen LogP contribution in [-0.4, -0.2) is 18.5 Å². The lowest BCUT2D eigenvalue weighted by Gasteiger charge is -2.61. The quantitative estimate of drug-likeness (QED) is 0.714. The molecule has 2 aromatic carbocycles. The topological polar surface area (TPSA) is 55.4 Å². The molecule has 4 aliphatic carbocycles. The van der Waals surface area contributed by atoms with E-state index in [1.54, 1.807) is 0 Å². The predicted octanol–water partition coefficient (Wildman–Crippen LogP) is 5.01. The summed E-state index contributed by atoms with van der Waals surface area (Å²) in [7, 11) is 0. The molecule has 0 aromatic heterocycles. The Kier molecular flexibility index (Phi) is 4.68. The van der Waals surface area contributed by atoms with Crippen molar-refractivity contribution in [3.05, 3.63) is 65.7 Å². The SMILES string of the molecule is Cc1ccc(NC(=O)COC(=O)C23C[C@H]4C[C@@H](C2)CC(c2ccccc2)(C4)C3)cc1.